The van der Waals surface area contributed by atoms with Gasteiger partial charge in [0.2, 0.25) is 0 Å². The van der Waals surface area contributed by atoms with Crippen LogP contribution in [0.5, 0.6) is 0 Å². The van der Waals surface area contributed by atoms with Crippen LogP contribution in [-0.4, -0.2) is 43.0 Å². The monoisotopic (exact) mass is 255 g/mol. The van der Waals surface area contributed by atoms with Crippen molar-refractivity contribution in [3.63, 3.8) is 0 Å². The topological polar surface area (TPSA) is 63.2 Å². The molecule has 0 bridgehead atoms. The van der Waals surface area contributed by atoms with Crippen LogP contribution in [0.4, 0.5) is 5.82 Å². The van der Waals surface area contributed by atoms with Gasteiger partial charge in [0.25, 0.3) is 0 Å². The molecule has 2 heterocycles. The first-order valence-corrected chi connectivity index (χ1v) is 7.57. The minimum Gasteiger partial charge on any atom is -0.354 e. The predicted octanol–water partition coefficient (Wildman–Crippen LogP) is 0.835. The zero-order chi connectivity index (χ0) is 12.5. The minimum atomic E-state index is -2.84. The average Bonchev–Trinajstić information content (AvgIpc) is 2.29. The fourth-order valence-electron chi connectivity index (χ4n) is 1.79. The maximum Gasteiger partial charge on any atom is 0.153 e. The maximum absolute atomic E-state index is 11.3. The van der Waals surface area contributed by atoms with E-state index in [1.807, 2.05) is 11.0 Å². The van der Waals surface area contributed by atoms with Crippen molar-refractivity contribution in [3.05, 3.63) is 18.1 Å². The molecule has 1 aliphatic rings. The summed E-state index contributed by atoms with van der Waals surface area (Å²) in [6.45, 7) is 5.20. The van der Waals surface area contributed by atoms with E-state index in [-0.39, 0.29) is 11.5 Å². The highest BCUT2D eigenvalue weighted by atomic mass is 32.2. The second kappa shape index (κ2) is 4.60. The first-order valence-electron chi connectivity index (χ1n) is 5.75. The van der Waals surface area contributed by atoms with Gasteiger partial charge < -0.3 is 4.90 Å². The van der Waals surface area contributed by atoms with Crippen LogP contribution in [0.25, 0.3) is 0 Å². The third kappa shape index (κ3) is 2.94. The summed E-state index contributed by atoms with van der Waals surface area (Å²) in [7, 11) is -2.84. The van der Waals surface area contributed by atoms with Gasteiger partial charge in [-0.3, -0.25) is 0 Å². The van der Waals surface area contributed by atoms with Crippen molar-refractivity contribution in [2.24, 2.45) is 0 Å². The summed E-state index contributed by atoms with van der Waals surface area (Å²) in [5.74, 6) is 1.62. The van der Waals surface area contributed by atoms with Crippen LogP contribution in [0, 0.1) is 0 Å². The van der Waals surface area contributed by atoms with Crippen molar-refractivity contribution in [3.8, 4) is 0 Å². The molecule has 0 saturated carbocycles. The zero-order valence-electron chi connectivity index (χ0n) is 10.1. The summed E-state index contributed by atoms with van der Waals surface area (Å²) < 4.78 is 22.7. The summed E-state index contributed by atoms with van der Waals surface area (Å²) in [5, 5.41) is 0. The van der Waals surface area contributed by atoms with Gasteiger partial charge in [-0.05, 0) is 5.92 Å². The van der Waals surface area contributed by atoms with Crippen molar-refractivity contribution >= 4 is 15.7 Å². The molecule has 1 aliphatic heterocycles. The highest BCUT2D eigenvalue weighted by molar-refractivity contribution is 7.91. The Balaban J connectivity index is 2.16. The quantitative estimate of drug-likeness (QED) is 0.783. The van der Waals surface area contributed by atoms with Crippen molar-refractivity contribution in [1.29, 1.82) is 0 Å². The molecule has 2 rings (SSSR count). The fraction of sp³-hybridized carbons (Fsp3) is 0.636. The number of hydrogen-bond acceptors (Lipinski definition) is 5. The van der Waals surface area contributed by atoms with Crippen LogP contribution in [0.3, 0.4) is 0 Å². The second-order valence-electron chi connectivity index (χ2n) is 4.59. The molecule has 17 heavy (non-hydrogen) atoms. The van der Waals surface area contributed by atoms with Gasteiger partial charge >= 0.3 is 0 Å². The number of anilines is 1. The van der Waals surface area contributed by atoms with Crippen LogP contribution >= 0.6 is 0 Å². The van der Waals surface area contributed by atoms with E-state index in [1.54, 1.807) is 6.33 Å². The number of nitrogens with zero attached hydrogens (tertiary/aromatic N) is 3. The van der Waals surface area contributed by atoms with Crippen molar-refractivity contribution in [2.45, 2.75) is 19.8 Å². The highest BCUT2D eigenvalue weighted by Gasteiger charge is 2.22. The number of hydrogen-bond donors (Lipinski definition) is 0. The molecule has 0 aromatic carbocycles. The summed E-state index contributed by atoms with van der Waals surface area (Å²) >= 11 is 0. The summed E-state index contributed by atoms with van der Waals surface area (Å²) in [6.07, 6.45) is 1.55. The Morgan fingerprint density at radius 3 is 2.47 bits per heavy atom. The summed E-state index contributed by atoms with van der Waals surface area (Å²) in [5.41, 5.74) is 0.989. The smallest absolute Gasteiger partial charge is 0.153 e. The summed E-state index contributed by atoms with van der Waals surface area (Å²) in [4.78, 5) is 10.4. The van der Waals surface area contributed by atoms with Gasteiger partial charge in [-0.25, -0.2) is 18.4 Å². The van der Waals surface area contributed by atoms with E-state index in [0.717, 1.165) is 11.5 Å². The molecular formula is C11H17N3O2S. The van der Waals surface area contributed by atoms with Crippen molar-refractivity contribution in [2.75, 3.05) is 29.5 Å². The van der Waals surface area contributed by atoms with Gasteiger partial charge in [0.1, 0.15) is 12.1 Å². The van der Waals surface area contributed by atoms with Crippen LogP contribution in [0.15, 0.2) is 12.4 Å². The average molecular weight is 255 g/mol. The SMILES string of the molecule is CC(C)c1cc(N2CCS(=O)(=O)CC2)ncn1. The molecule has 0 unspecified atom stereocenters. The van der Waals surface area contributed by atoms with Gasteiger partial charge in [-0.15, -0.1) is 0 Å². The van der Waals surface area contributed by atoms with E-state index >= 15 is 0 Å². The molecule has 6 heteroatoms. The fourth-order valence-corrected chi connectivity index (χ4v) is 2.99. The van der Waals surface area contributed by atoms with Gasteiger partial charge in [-0.2, -0.15) is 0 Å². The predicted molar refractivity (Wildman–Crippen MR) is 67.0 cm³/mol. The van der Waals surface area contributed by atoms with E-state index in [4.69, 9.17) is 0 Å². The van der Waals surface area contributed by atoms with E-state index in [0.29, 0.717) is 19.0 Å². The van der Waals surface area contributed by atoms with Gasteiger partial charge in [0.15, 0.2) is 9.84 Å². The Hall–Kier alpha value is -1.17. The standard InChI is InChI=1S/C11H17N3O2S/c1-9(2)10-7-11(13-8-12-10)14-3-5-17(15,16)6-4-14/h7-9H,3-6H2,1-2H3. The van der Waals surface area contributed by atoms with Crippen LogP contribution in [0.1, 0.15) is 25.5 Å². The molecule has 0 N–H and O–H groups in total. The molecule has 0 amide bonds. The third-order valence-corrected chi connectivity index (χ3v) is 4.54. The number of sulfone groups is 1. The maximum atomic E-state index is 11.3. The lowest BCUT2D eigenvalue weighted by Crippen LogP contribution is -2.40. The van der Waals surface area contributed by atoms with Gasteiger partial charge in [-0.1, -0.05) is 13.8 Å². The molecule has 1 fully saturated rings. The van der Waals surface area contributed by atoms with E-state index in [9.17, 15) is 8.42 Å². The second-order valence-corrected chi connectivity index (χ2v) is 6.90. The Labute approximate surface area is 102 Å². The van der Waals surface area contributed by atoms with Crippen LogP contribution in [0.2, 0.25) is 0 Å². The van der Waals surface area contributed by atoms with Crippen LogP contribution < -0.4 is 4.90 Å². The van der Waals surface area contributed by atoms with Crippen molar-refractivity contribution < 1.29 is 8.42 Å². The Morgan fingerprint density at radius 1 is 1.24 bits per heavy atom. The molecule has 0 aliphatic carbocycles. The molecular weight excluding hydrogens is 238 g/mol. The lowest BCUT2D eigenvalue weighted by Gasteiger charge is -2.27. The third-order valence-electron chi connectivity index (χ3n) is 2.93. The minimum absolute atomic E-state index is 0.216. The molecule has 5 nitrogen and oxygen atoms in total. The number of aromatic nitrogens is 2. The van der Waals surface area contributed by atoms with E-state index < -0.39 is 9.84 Å². The summed E-state index contributed by atoms with van der Waals surface area (Å²) in [6, 6.07) is 1.95. The Bertz CT molecular complexity index is 485. The first kappa shape index (κ1) is 12.3. The Morgan fingerprint density at radius 2 is 1.88 bits per heavy atom. The molecule has 1 aromatic heterocycles. The lowest BCUT2D eigenvalue weighted by molar-refractivity contribution is 0.586. The number of rotatable bonds is 2. The first-order chi connectivity index (χ1) is 7.98. The van der Waals surface area contributed by atoms with Crippen LogP contribution in [-0.2, 0) is 9.84 Å². The molecule has 94 valence electrons. The highest BCUT2D eigenvalue weighted by Crippen LogP contribution is 2.18. The normalized spacial score (nSPS) is 19.6. The molecule has 0 spiro atoms. The van der Waals surface area contributed by atoms with Crippen molar-refractivity contribution in [1.82, 2.24) is 9.97 Å². The molecule has 1 aromatic rings. The molecule has 1 saturated heterocycles. The largest absolute Gasteiger partial charge is 0.354 e. The Kier molecular flexibility index (Phi) is 3.33. The van der Waals surface area contributed by atoms with E-state index in [2.05, 4.69) is 23.8 Å². The molecule has 0 radical (unpaired) electrons. The van der Waals surface area contributed by atoms with E-state index in [1.165, 1.54) is 0 Å². The molecule has 0 atom stereocenters. The van der Waals surface area contributed by atoms with Gasteiger partial charge in [0.05, 0.1) is 11.5 Å². The van der Waals surface area contributed by atoms with Gasteiger partial charge in [0, 0.05) is 24.8 Å². The lowest BCUT2D eigenvalue weighted by atomic mass is 10.1. The zero-order valence-corrected chi connectivity index (χ0v) is 10.9.